The van der Waals surface area contributed by atoms with Crippen LogP contribution in [0.1, 0.15) is 43.5 Å². The predicted molar refractivity (Wildman–Crippen MR) is 111 cm³/mol. The molecule has 1 saturated heterocycles. The van der Waals surface area contributed by atoms with Gasteiger partial charge in [0.05, 0.1) is 23.5 Å². The summed E-state index contributed by atoms with van der Waals surface area (Å²) in [4.78, 5) is 16.9. The summed E-state index contributed by atoms with van der Waals surface area (Å²) in [5, 5.41) is 2.78. The molecule has 1 aromatic heterocycles. The SMILES string of the molecule is CC1c2cccn2CCN1CC(=O)Nc1cc(C(F)(F)F)ccc1N1CCCCC1. The second kappa shape index (κ2) is 8.34. The Labute approximate surface area is 174 Å². The molecule has 2 aliphatic rings. The minimum absolute atomic E-state index is 0.0718. The number of fused-ring (bicyclic) bond motifs is 1. The second-order valence-electron chi connectivity index (χ2n) is 8.10. The largest absolute Gasteiger partial charge is 0.416 e. The highest BCUT2D eigenvalue weighted by molar-refractivity contribution is 5.96. The number of carbonyl (C=O) groups excluding carboxylic acids is 1. The summed E-state index contributed by atoms with van der Waals surface area (Å²) >= 11 is 0. The van der Waals surface area contributed by atoms with Crippen molar-refractivity contribution >= 4 is 17.3 Å². The molecule has 8 heteroatoms. The number of rotatable bonds is 4. The van der Waals surface area contributed by atoms with Crippen LogP contribution in [0.5, 0.6) is 0 Å². The smallest absolute Gasteiger partial charge is 0.370 e. The second-order valence-corrected chi connectivity index (χ2v) is 8.10. The molecule has 2 aliphatic heterocycles. The van der Waals surface area contributed by atoms with Gasteiger partial charge in [0.15, 0.2) is 0 Å². The zero-order chi connectivity index (χ0) is 21.3. The summed E-state index contributed by atoms with van der Waals surface area (Å²) in [6.45, 7) is 5.27. The van der Waals surface area contributed by atoms with Gasteiger partial charge in [-0.05, 0) is 56.5 Å². The fourth-order valence-electron chi connectivity index (χ4n) is 4.44. The Bertz CT molecular complexity index is 902. The number of hydrogen-bond acceptors (Lipinski definition) is 3. The van der Waals surface area contributed by atoms with Crippen LogP contribution in [0.25, 0.3) is 0 Å². The maximum absolute atomic E-state index is 13.3. The first-order valence-electron chi connectivity index (χ1n) is 10.5. The van der Waals surface area contributed by atoms with Gasteiger partial charge in [0.1, 0.15) is 0 Å². The van der Waals surface area contributed by atoms with Crippen molar-refractivity contribution in [3.05, 3.63) is 47.8 Å². The Hall–Kier alpha value is -2.48. The van der Waals surface area contributed by atoms with Gasteiger partial charge in [0.2, 0.25) is 5.91 Å². The number of nitrogens with zero attached hydrogens (tertiary/aromatic N) is 3. The average molecular weight is 420 g/mol. The number of halogens is 3. The highest BCUT2D eigenvalue weighted by atomic mass is 19.4. The molecule has 3 heterocycles. The molecule has 4 rings (SSSR count). The quantitative estimate of drug-likeness (QED) is 0.791. The Kier molecular flexibility index (Phi) is 5.77. The van der Waals surface area contributed by atoms with Crippen LogP contribution in [0.15, 0.2) is 36.5 Å². The van der Waals surface area contributed by atoms with Gasteiger partial charge >= 0.3 is 6.18 Å². The molecule has 0 spiro atoms. The average Bonchev–Trinajstić information content (AvgIpc) is 3.20. The Morgan fingerprint density at radius 3 is 2.60 bits per heavy atom. The summed E-state index contributed by atoms with van der Waals surface area (Å²) in [5.74, 6) is -0.292. The van der Waals surface area contributed by atoms with Crippen LogP contribution in [0.3, 0.4) is 0 Å². The molecule has 0 bridgehead atoms. The molecule has 0 saturated carbocycles. The normalized spacial score (nSPS) is 20.1. The molecule has 1 atom stereocenters. The lowest BCUT2D eigenvalue weighted by Crippen LogP contribution is -2.41. The molecule has 30 heavy (non-hydrogen) atoms. The minimum Gasteiger partial charge on any atom is -0.370 e. The van der Waals surface area contributed by atoms with E-state index in [4.69, 9.17) is 0 Å². The molecule has 0 radical (unpaired) electrons. The van der Waals surface area contributed by atoms with E-state index in [9.17, 15) is 18.0 Å². The van der Waals surface area contributed by atoms with Gasteiger partial charge in [-0.2, -0.15) is 13.2 Å². The van der Waals surface area contributed by atoms with Crippen molar-refractivity contribution in [1.82, 2.24) is 9.47 Å². The van der Waals surface area contributed by atoms with Crippen LogP contribution >= 0.6 is 0 Å². The van der Waals surface area contributed by atoms with Crippen LogP contribution in [0.4, 0.5) is 24.5 Å². The fourth-order valence-corrected chi connectivity index (χ4v) is 4.44. The molecule has 1 N–H and O–H groups in total. The molecule has 2 aromatic rings. The van der Waals surface area contributed by atoms with Crippen LogP contribution in [0.2, 0.25) is 0 Å². The number of hydrogen-bond donors (Lipinski definition) is 1. The van der Waals surface area contributed by atoms with Gasteiger partial charge in [0.25, 0.3) is 0 Å². The topological polar surface area (TPSA) is 40.5 Å². The Morgan fingerprint density at radius 2 is 1.87 bits per heavy atom. The van der Waals surface area contributed by atoms with Crippen molar-refractivity contribution in [1.29, 1.82) is 0 Å². The van der Waals surface area contributed by atoms with Crippen molar-refractivity contribution < 1.29 is 18.0 Å². The molecule has 5 nitrogen and oxygen atoms in total. The number of anilines is 2. The summed E-state index contributed by atoms with van der Waals surface area (Å²) in [6.07, 6.45) is 0.690. The van der Waals surface area contributed by atoms with Gasteiger partial charge in [-0.25, -0.2) is 0 Å². The molecule has 162 valence electrons. The van der Waals surface area contributed by atoms with E-state index in [1.165, 1.54) is 6.07 Å². The van der Waals surface area contributed by atoms with E-state index in [2.05, 4.69) is 19.7 Å². The molecule has 1 amide bonds. The summed E-state index contributed by atoms with van der Waals surface area (Å²) in [6, 6.07) is 7.74. The molecular weight excluding hydrogens is 393 g/mol. The zero-order valence-corrected chi connectivity index (χ0v) is 17.1. The molecular formula is C22H27F3N4O. The van der Waals surface area contributed by atoms with Gasteiger partial charge < -0.3 is 14.8 Å². The first-order valence-corrected chi connectivity index (χ1v) is 10.5. The van der Waals surface area contributed by atoms with Crippen molar-refractivity contribution in [3.63, 3.8) is 0 Å². The first-order chi connectivity index (χ1) is 14.3. The third-order valence-electron chi connectivity index (χ3n) is 6.11. The first kappa shape index (κ1) is 20.8. The van der Waals surface area contributed by atoms with Crippen molar-refractivity contribution in [2.24, 2.45) is 0 Å². The maximum atomic E-state index is 13.3. The van der Waals surface area contributed by atoms with Crippen LogP contribution in [-0.2, 0) is 17.5 Å². The summed E-state index contributed by atoms with van der Waals surface area (Å²) in [5.41, 5.74) is 1.30. The third-order valence-corrected chi connectivity index (χ3v) is 6.11. The van der Waals surface area contributed by atoms with Gasteiger partial charge in [-0.1, -0.05) is 0 Å². The minimum atomic E-state index is -4.45. The molecule has 1 fully saturated rings. The number of benzene rings is 1. The molecule has 1 unspecified atom stereocenters. The lowest BCUT2D eigenvalue weighted by atomic mass is 10.1. The van der Waals surface area contributed by atoms with Crippen LogP contribution in [0, 0.1) is 0 Å². The van der Waals surface area contributed by atoms with Gasteiger partial charge in [-0.15, -0.1) is 0 Å². The Balaban J connectivity index is 1.52. The van der Waals surface area contributed by atoms with E-state index in [1.807, 2.05) is 25.3 Å². The predicted octanol–water partition coefficient (Wildman–Crippen LogP) is 4.51. The molecule has 1 aromatic carbocycles. The third kappa shape index (κ3) is 4.33. The summed E-state index contributed by atoms with van der Waals surface area (Å²) < 4.78 is 42.0. The van der Waals surface area contributed by atoms with E-state index in [0.717, 1.165) is 63.3 Å². The number of carbonyl (C=O) groups is 1. The van der Waals surface area contributed by atoms with Crippen LogP contribution in [-0.4, -0.2) is 41.6 Å². The van der Waals surface area contributed by atoms with E-state index in [1.54, 1.807) is 0 Å². The van der Waals surface area contributed by atoms with Gasteiger partial charge in [0, 0.05) is 44.1 Å². The molecule has 0 aliphatic carbocycles. The van der Waals surface area contributed by atoms with Crippen LogP contribution < -0.4 is 10.2 Å². The lowest BCUT2D eigenvalue weighted by Gasteiger charge is -2.34. The number of amides is 1. The van der Waals surface area contributed by atoms with Crippen molar-refractivity contribution in [2.75, 3.05) is 36.4 Å². The Morgan fingerprint density at radius 1 is 1.10 bits per heavy atom. The highest BCUT2D eigenvalue weighted by Crippen LogP contribution is 2.36. The van der Waals surface area contributed by atoms with E-state index in [0.29, 0.717) is 5.69 Å². The van der Waals surface area contributed by atoms with Gasteiger partial charge in [-0.3, -0.25) is 9.69 Å². The monoisotopic (exact) mass is 420 g/mol. The lowest BCUT2D eigenvalue weighted by molar-refractivity contribution is -0.137. The van der Waals surface area contributed by atoms with E-state index in [-0.39, 0.29) is 24.2 Å². The number of nitrogens with one attached hydrogen (secondary N) is 1. The summed E-state index contributed by atoms with van der Waals surface area (Å²) in [7, 11) is 0. The zero-order valence-electron chi connectivity index (χ0n) is 17.1. The standard InChI is InChI=1S/C22H27F3N4O/c1-16-19-6-5-11-28(19)12-13-29(16)15-21(30)26-18-14-17(22(23,24)25)7-8-20(18)27-9-3-2-4-10-27/h5-8,11,14,16H,2-4,9-10,12-13,15H2,1H3,(H,26,30). The van der Waals surface area contributed by atoms with E-state index >= 15 is 0 Å². The number of piperidine rings is 1. The highest BCUT2D eigenvalue weighted by Gasteiger charge is 2.32. The maximum Gasteiger partial charge on any atom is 0.416 e. The van der Waals surface area contributed by atoms with Crippen molar-refractivity contribution in [2.45, 2.75) is 44.9 Å². The fraction of sp³-hybridized carbons (Fsp3) is 0.500. The van der Waals surface area contributed by atoms with Crippen molar-refractivity contribution in [3.8, 4) is 0 Å². The van der Waals surface area contributed by atoms with E-state index < -0.39 is 11.7 Å². The number of alkyl halides is 3. The number of aromatic nitrogens is 1.